The maximum absolute atomic E-state index is 14.9. The smallest absolute Gasteiger partial charge is 0.173 e. The van der Waals surface area contributed by atoms with Crippen LogP contribution < -0.4 is 0 Å². The van der Waals surface area contributed by atoms with E-state index in [0.717, 1.165) is 10.9 Å². The first-order valence-corrected chi connectivity index (χ1v) is 9.03. The van der Waals surface area contributed by atoms with Gasteiger partial charge >= 0.3 is 0 Å². The Balaban J connectivity index is 1.84. The van der Waals surface area contributed by atoms with Gasteiger partial charge in [0.25, 0.3) is 0 Å². The van der Waals surface area contributed by atoms with E-state index in [4.69, 9.17) is 20.8 Å². The fourth-order valence-electron chi connectivity index (χ4n) is 3.78. The molecule has 1 aromatic carbocycles. The van der Waals surface area contributed by atoms with Gasteiger partial charge in [0.15, 0.2) is 12.4 Å². The van der Waals surface area contributed by atoms with Gasteiger partial charge in [0.05, 0.1) is 35.7 Å². The zero-order valence-corrected chi connectivity index (χ0v) is 15.1. The van der Waals surface area contributed by atoms with Gasteiger partial charge in [-0.3, -0.25) is 4.57 Å². The number of alkyl halides is 1. The summed E-state index contributed by atoms with van der Waals surface area (Å²) in [7, 11) is 0. The Bertz CT molecular complexity index is 1160. The van der Waals surface area contributed by atoms with Crippen LogP contribution >= 0.6 is 11.6 Å². The standard InChI is InChI=1S/C19H15ClFN3O4/c20-10-1-2-12-11(5-10)14-16(9-3-4-27-7-9)22-8-23-18(14)24(12)19-15(21)17(26)13(6-25)28-19/h1-5,7-8,13,15,17,19,25-26H,6H2/t13-,15+,17-,19-/m1/s1. The highest BCUT2D eigenvalue weighted by Gasteiger charge is 2.46. The molecule has 0 bridgehead atoms. The van der Waals surface area contributed by atoms with Crippen molar-refractivity contribution < 1.29 is 23.8 Å². The molecule has 0 unspecified atom stereocenters. The minimum absolute atomic E-state index is 0.432. The number of aliphatic hydroxyl groups excluding tert-OH is 2. The summed E-state index contributed by atoms with van der Waals surface area (Å²) in [6.07, 6.45) is -0.871. The van der Waals surface area contributed by atoms with Crippen LogP contribution in [0.3, 0.4) is 0 Å². The topological polar surface area (TPSA) is 93.5 Å². The highest BCUT2D eigenvalue weighted by atomic mass is 35.5. The molecule has 1 saturated heterocycles. The number of aliphatic hydroxyl groups is 2. The fraction of sp³-hybridized carbons (Fsp3) is 0.263. The van der Waals surface area contributed by atoms with Crippen molar-refractivity contribution in [3.63, 3.8) is 0 Å². The van der Waals surface area contributed by atoms with E-state index < -0.39 is 31.2 Å². The Labute approximate surface area is 162 Å². The molecule has 4 aromatic rings. The van der Waals surface area contributed by atoms with Gasteiger partial charge in [-0.1, -0.05) is 11.6 Å². The van der Waals surface area contributed by atoms with Gasteiger partial charge in [-0.25, -0.2) is 14.4 Å². The van der Waals surface area contributed by atoms with Crippen LogP contribution in [-0.4, -0.2) is 49.7 Å². The summed E-state index contributed by atoms with van der Waals surface area (Å²) < 4.78 is 27.3. The Morgan fingerprint density at radius 1 is 1.25 bits per heavy atom. The van der Waals surface area contributed by atoms with E-state index in [0.29, 0.717) is 27.3 Å². The molecule has 4 atom stereocenters. The van der Waals surface area contributed by atoms with Gasteiger partial charge in [0, 0.05) is 16.0 Å². The third kappa shape index (κ3) is 2.46. The molecular formula is C19H15ClFN3O4. The summed E-state index contributed by atoms with van der Waals surface area (Å²) in [5, 5.41) is 21.4. The summed E-state index contributed by atoms with van der Waals surface area (Å²) >= 11 is 6.22. The highest BCUT2D eigenvalue weighted by molar-refractivity contribution is 6.32. The molecule has 0 radical (unpaired) electrons. The number of hydrogen-bond donors (Lipinski definition) is 2. The quantitative estimate of drug-likeness (QED) is 0.546. The van der Waals surface area contributed by atoms with Crippen LogP contribution in [0.25, 0.3) is 33.2 Å². The van der Waals surface area contributed by atoms with E-state index in [2.05, 4.69) is 9.97 Å². The van der Waals surface area contributed by atoms with E-state index in [9.17, 15) is 14.6 Å². The number of nitrogens with zero attached hydrogens (tertiary/aromatic N) is 3. The first-order valence-electron chi connectivity index (χ1n) is 8.65. The van der Waals surface area contributed by atoms with Crippen molar-refractivity contribution in [2.45, 2.75) is 24.6 Å². The number of hydrogen-bond acceptors (Lipinski definition) is 6. The SMILES string of the molecule is OC[C@H]1O[C@@H](n2c3ccc(Cl)cc3c3c(-c4ccoc4)ncnc32)[C@@H](F)[C@@H]1O. The van der Waals surface area contributed by atoms with Gasteiger partial charge in [0.1, 0.15) is 24.2 Å². The maximum atomic E-state index is 14.9. The zero-order valence-electron chi connectivity index (χ0n) is 14.4. The van der Waals surface area contributed by atoms with Crippen LogP contribution in [0.4, 0.5) is 4.39 Å². The lowest BCUT2D eigenvalue weighted by atomic mass is 10.1. The third-order valence-electron chi connectivity index (χ3n) is 5.07. The average Bonchev–Trinajstić information content (AvgIpc) is 3.40. The first kappa shape index (κ1) is 17.6. The number of ether oxygens (including phenoxy) is 1. The molecule has 2 N–H and O–H groups in total. The summed E-state index contributed by atoms with van der Waals surface area (Å²) in [4.78, 5) is 8.74. The van der Waals surface area contributed by atoms with Crippen LogP contribution in [-0.2, 0) is 4.74 Å². The normalized spacial score (nSPS) is 25.1. The van der Waals surface area contributed by atoms with Gasteiger partial charge in [0.2, 0.25) is 0 Å². The van der Waals surface area contributed by atoms with Gasteiger partial charge in [-0.2, -0.15) is 0 Å². The van der Waals surface area contributed by atoms with Crippen LogP contribution in [0.1, 0.15) is 6.23 Å². The second kappa shape index (κ2) is 6.52. The molecule has 28 heavy (non-hydrogen) atoms. The summed E-state index contributed by atoms with van der Waals surface area (Å²) in [6, 6.07) is 6.95. The Kier molecular flexibility index (Phi) is 4.09. The number of fused-ring (bicyclic) bond motifs is 3. The van der Waals surface area contributed by atoms with Crippen LogP contribution in [0, 0.1) is 0 Å². The predicted octanol–water partition coefficient (Wildman–Crippen LogP) is 3.09. The Morgan fingerprint density at radius 3 is 2.82 bits per heavy atom. The summed E-state index contributed by atoms with van der Waals surface area (Å²) in [5.41, 5.74) is 2.41. The number of rotatable bonds is 3. The van der Waals surface area contributed by atoms with E-state index in [1.165, 1.54) is 12.6 Å². The summed E-state index contributed by atoms with van der Waals surface area (Å²) in [5.74, 6) is 0. The van der Waals surface area contributed by atoms with Crippen molar-refractivity contribution in [2.75, 3.05) is 6.61 Å². The number of halogens is 2. The monoisotopic (exact) mass is 403 g/mol. The Hall–Kier alpha value is -2.52. The molecule has 3 aromatic heterocycles. The van der Waals surface area contributed by atoms with E-state index in [1.54, 1.807) is 35.1 Å². The number of furan rings is 1. The largest absolute Gasteiger partial charge is 0.472 e. The minimum Gasteiger partial charge on any atom is -0.472 e. The molecule has 7 nitrogen and oxygen atoms in total. The third-order valence-corrected chi connectivity index (χ3v) is 5.30. The van der Waals surface area contributed by atoms with E-state index >= 15 is 0 Å². The zero-order chi connectivity index (χ0) is 19.4. The number of benzene rings is 1. The molecule has 0 saturated carbocycles. The van der Waals surface area contributed by atoms with E-state index in [-0.39, 0.29) is 0 Å². The fourth-order valence-corrected chi connectivity index (χ4v) is 3.95. The molecule has 4 heterocycles. The number of aromatic nitrogens is 3. The lowest BCUT2D eigenvalue weighted by molar-refractivity contribution is -0.0442. The average molecular weight is 404 g/mol. The molecule has 1 fully saturated rings. The first-order chi connectivity index (χ1) is 13.6. The molecule has 144 valence electrons. The molecule has 0 spiro atoms. The van der Waals surface area contributed by atoms with Crippen molar-refractivity contribution in [2.24, 2.45) is 0 Å². The molecular weight excluding hydrogens is 389 g/mol. The van der Waals surface area contributed by atoms with Gasteiger partial charge < -0.3 is 19.4 Å². The van der Waals surface area contributed by atoms with Crippen molar-refractivity contribution >= 4 is 33.5 Å². The molecule has 0 amide bonds. The van der Waals surface area contributed by atoms with Crippen LogP contribution in [0.5, 0.6) is 0 Å². The lowest BCUT2D eigenvalue weighted by Crippen LogP contribution is -2.30. The summed E-state index contributed by atoms with van der Waals surface area (Å²) in [6.45, 7) is -0.490. The van der Waals surface area contributed by atoms with Crippen LogP contribution in [0.2, 0.25) is 5.02 Å². The molecule has 1 aliphatic heterocycles. The van der Waals surface area contributed by atoms with Crippen molar-refractivity contribution in [3.8, 4) is 11.3 Å². The molecule has 5 rings (SSSR count). The Morgan fingerprint density at radius 2 is 2.11 bits per heavy atom. The van der Waals surface area contributed by atoms with Crippen molar-refractivity contribution in [1.29, 1.82) is 0 Å². The molecule has 9 heteroatoms. The highest BCUT2D eigenvalue weighted by Crippen LogP contribution is 2.41. The van der Waals surface area contributed by atoms with Gasteiger partial charge in [-0.15, -0.1) is 0 Å². The van der Waals surface area contributed by atoms with Crippen LogP contribution in [0.15, 0.2) is 47.5 Å². The van der Waals surface area contributed by atoms with E-state index in [1.807, 2.05) is 0 Å². The van der Waals surface area contributed by atoms with Crippen molar-refractivity contribution in [3.05, 3.63) is 48.1 Å². The molecule has 1 aliphatic rings. The maximum Gasteiger partial charge on any atom is 0.173 e. The van der Waals surface area contributed by atoms with Crippen molar-refractivity contribution in [1.82, 2.24) is 14.5 Å². The predicted molar refractivity (Wildman–Crippen MR) is 99.6 cm³/mol. The molecule has 0 aliphatic carbocycles. The lowest BCUT2D eigenvalue weighted by Gasteiger charge is -2.17. The minimum atomic E-state index is -1.74. The second-order valence-corrected chi connectivity index (χ2v) is 7.08. The van der Waals surface area contributed by atoms with Gasteiger partial charge in [-0.05, 0) is 24.3 Å². The second-order valence-electron chi connectivity index (χ2n) is 6.65.